The lowest BCUT2D eigenvalue weighted by atomic mass is 9.78. The van der Waals surface area contributed by atoms with Gasteiger partial charge >= 0.3 is 0 Å². The van der Waals surface area contributed by atoms with E-state index < -0.39 is 0 Å². The van der Waals surface area contributed by atoms with E-state index in [0.29, 0.717) is 31.0 Å². The van der Waals surface area contributed by atoms with Gasteiger partial charge in [0, 0.05) is 24.7 Å². The minimum absolute atomic E-state index is 0.0394. The van der Waals surface area contributed by atoms with E-state index in [1.807, 2.05) is 12.3 Å². The van der Waals surface area contributed by atoms with Crippen molar-refractivity contribution >= 4 is 23.6 Å². The molecule has 140 valence electrons. The molecule has 1 aliphatic carbocycles. The number of morpholine rings is 1. The smallest absolute Gasteiger partial charge is 0.250 e. The van der Waals surface area contributed by atoms with Gasteiger partial charge in [-0.15, -0.1) is 11.8 Å². The molecular formula is C19H30N2O3S. The second-order valence-corrected chi connectivity index (χ2v) is 8.08. The van der Waals surface area contributed by atoms with Crippen LogP contribution in [0.15, 0.2) is 11.0 Å². The van der Waals surface area contributed by atoms with Gasteiger partial charge < -0.3 is 14.5 Å². The molecule has 0 spiro atoms. The van der Waals surface area contributed by atoms with Crippen LogP contribution in [-0.2, 0) is 14.3 Å². The van der Waals surface area contributed by atoms with Crippen LogP contribution in [0.4, 0.5) is 0 Å². The molecule has 3 rings (SSSR count). The summed E-state index contributed by atoms with van der Waals surface area (Å²) in [6.45, 7) is 4.38. The van der Waals surface area contributed by atoms with Crippen LogP contribution in [0.25, 0.3) is 0 Å². The number of ether oxygens (including phenoxy) is 1. The third kappa shape index (κ3) is 4.59. The van der Waals surface area contributed by atoms with Crippen molar-refractivity contribution in [2.75, 3.05) is 32.2 Å². The Kier molecular flexibility index (Phi) is 6.82. The molecule has 1 saturated carbocycles. The number of likely N-dealkylation sites (tertiary alicyclic amines) is 1. The first kappa shape index (κ1) is 18.8. The first-order valence-electron chi connectivity index (χ1n) is 9.68. The van der Waals surface area contributed by atoms with E-state index in [2.05, 4.69) is 4.90 Å². The van der Waals surface area contributed by atoms with Crippen molar-refractivity contribution in [1.29, 1.82) is 0 Å². The summed E-state index contributed by atoms with van der Waals surface area (Å²) in [5.74, 6) is 1.58. The van der Waals surface area contributed by atoms with Crippen LogP contribution in [0.1, 0.15) is 51.9 Å². The van der Waals surface area contributed by atoms with Crippen LogP contribution in [0, 0.1) is 5.92 Å². The lowest BCUT2D eigenvalue weighted by molar-refractivity contribution is -0.141. The number of hydrogen-bond donors (Lipinski definition) is 0. The quantitative estimate of drug-likeness (QED) is 0.702. The Hall–Kier alpha value is -1.01. The van der Waals surface area contributed by atoms with Crippen molar-refractivity contribution in [3.8, 4) is 0 Å². The van der Waals surface area contributed by atoms with Gasteiger partial charge in [0.05, 0.1) is 12.5 Å². The van der Waals surface area contributed by atoms with Gasteiger partial charge in [-0.3, -0.25) is 9.59 Å². The summed E-state index contributed by atoms with van der Waals surface area (Å²) in [4.78, 5) is 28.8. The van der Waals surface area contributed by atoms with E-state index in [1.165, 1.54) is 32.1 Å². The minimum atomic E-state index is 0.0394. The number of hydrogen-bond acceptors (Lipinski definition) is 4. The number of nitrogens with zero attached hydrogens (tertiary/aromatic N) is 2. The normalized spacial score (nSPS) is 28.0. The van der Waals surface area contributed by atoms with Gasteiger partial charge in [-0.25, -0.2) is 0 Å². The molecule has 5 nitrogen and oxygen atoms in total. The number of rotatable bonds is 5. The van der Waals surface area contributed by atoms with Gasteiger partial charge in [0.2, 0.25) is 5.91 Å². The number of fused-ring (bicyclic) bond motifs is 1. The van der Waals surface area contributed by atoms with Crippen LogP contribution >= 0.6 is 11.8 Å². The Bertz CT molecular complexity index is 521. The standard InChI is InChI=1S/C19H30N2O3S/c1-2-15(13-25-14-20-10-11-24-12-18(20)22)19(23)21-9-5-7-16-6-3-4-8-17(16)21/h13,16-17H,2-12,14H2,1H3/b15-13+. The summed E-state index contributed by atoms with van der Waals surface area (Å²) < 4.78 is 5.15. The van der Waals surface area contributed by atoms with E-state index in [-0.39, 0.29) is 18.4 Å². The maximum Gasteiger partial charge on any atom is 0.250 e. The molecule has 2 unspecified atom stereocenters. The van der Waals surface area contributed by atoms with Crippen molar-refractivity contribution in [3.63, 3.8) is 0 Å². The van der Waals surface area contributed by atoms with Crippen molar-refractivity contribution in [3.05, 3.63) is 11.0 Å². The number of carbonyl (C=O) groups is 2. The Morgan fingerprint density at radius 3 is 2.84 bits per heavy atom. The molecule has 0 N–H and O–H groups in total. The van der Waals surface area contributed by atoms with Gasteiger partial charge in [-0.05, 0) is 43.4 Å². The summed E-state index contributed by atoms with van der Waals surface area (Å²) in [7, 11) is 0. The number of amides is 2. The molecule has 2 amide bonds. The minimum Gasteiger partial charge on any atom is -0.370 e. The second kappa shape index (κ2) is 9.08. The van der Waals surface area contributed by atoms with E-state index in [9.17, 15) is 9.59 Å². The van der Waals surface area contributed by atoms with Crippen LogP contribution in [0.2, 0.25) is 0 Å². The number of carbonyl (C=O) groups excluding carboxylic acids is 2. The Labute approximate surface area is 155 Å². The van der Waals surface area contributed by atoms with Gasteiger partial charge in [0.1, 0.15) is 6.61 Å². The summed E-state index contributed by atoms with van der Waals surface area (Å²) in [6.07, 6.45) is 8.20. The third-order valence-electron chi connectivity index (χ3n) is 5.70. The van der Waals surface area contributed by atoms with E-state index in [4.69, 9.17) is 4.74 Å². The van der Waals surface area contributed by atoms with Gasteiger partial charge in [0.15, 0.2) is 0 Å². The Balaban J connectivity index is 1.59. The first-order chi connectivity index (χ1) is 12.2. The van der Waals surface area contributed by atoms with Gasteiger partial charge in [-0.2, -0.15) is 0 Å². The molecular weight excluding hydrogens is 336 g/mol. The summed E-state index contributed by atoms with van der Waals surface area (Å²) in [5.41, 5.74) is 0.886. The zero-order chi connectivity index (χ0) is 17.6. The maximum absolute atomic E-state index is 13.1. The lowest BCUT2D eigenvalue weighted by Crippen LogP contribution is -2.50. The molecule has 0 radical (unpaired) electrons. The summed E-state index contributed by atoms with van der Waals surface area (Å²) in [6, 6.07) is 0.454. The molecule has 2 heterocycles. The molecule has 6 heteroatoms. The predicted octanol–water partition coefficient (Wildman–Crippen LogP) is 3.01. The van der Waals surface area contributed by atoms with Crippen molar-refractivity contribution in [2.24, 2.45) is 5.92 Å². The average molecular weight is 367 g/mol. The van der Waals surface area contributed by atoms with Crippen molar-refractivity contribution in [1.82, 2.24) is 9.80 Å². The fourth-order valence-electron chi connectivity index (χ4n) is 4.26. The maximum atomic E-state index is 13.1. The molecule has 3 fully saturated rings. The fraction of sp³-hybridized carbons (Fsp3) is 0.789. The lowest BCUT2D eigenvalue weighted by Gasteiger charge is -2.44. The molecule has 3 aliphatic rings. The van der Waals surface area contributed by atoms with Crippen molar-refractivity contribution in [2.45, 2.75) is 57.9 Å². The number of thioether (sulfide) groups is 1. The first-order valence-corrected chi connectivity index (χ1v) is 10.7. The summed E-state index contributed by atoms with van der Waals surface area (Å²) >= 11 is 1.56. The fourth-order valence-corrected chi connectivity index (χ4v) is 5.26. The highest BCUT2D eigenvalue weighted by molar-refractivity contribution is 8.02. The van der Waals surface area contributed by atoms with E-state index >= 15 is 0 Å². The average Bonchev–Trinajstić information content (AvgIpc) is 2.65. The molecule has 2 atom stereocenters. The SMILES string of the molecule is CC/C(=C\SCN1CCOCC1=O)C(=O)N1CCCC2CCCCC21. The molecule has 25 heavy (non-hydrogen) atoms. The van der Waals surface area contributed by atoms with Gasteiger partial charge in [0.25, 0.3) is 5.91 Å². The molecule has 2 saturated heterocycles. The topological polar surface area (TPSA) is 49.9 Å². The van der Waals surface area contributed by atoms with Crippen LogP contribution in [0.3, 0.4) is 0 Å². The Morgan fingerprint density at radius 2 is 2.04 bits per heavy atom. The van der Waals surface area contributed by atoms with Gasteiger partial charge in [-0.1, -0.05) is 19.8 Å². The van der Waals surface area contributed by atoms with E-state index in [1.54, 1.807) is 16.7 Å². The predicted molar refractivity (Wildman–Crippen MR) is 100 cm³/mol. The zero-order valence-electron chi connectivity index (χ0n) is 15.2. The largest absolute Gasteiger partial charge is 0.370 e. The molecule has 0 bridgehead atoms. The molecule has 0 aromatic rings. The monoisotopic (exact) mass is 366 g/mol. The summed E-state index contributed by atoms with van der Waals surface area (Å²) in [5, 5.41) is 1.98. The van der Waals surface area contributed by atoms with E-state index in [0.717, 1.165) is 25.0 Å². The molecule has 0 aromatic carbocycles. The van der Waals surface area contributed by atoms with Crippen molar-refractivity contribution < 1.29 is 14.3 Å². The second-order valence-electron chi connectivity index (χ2n) is 7.25. The highest BCUT2D eigenvalue weighted by Crippen LogP contribution is 2.36. The highest BCUT2D eigenvalue weighted by atomic mass is 32.2. The van der Waals surface area contributed by atoms with Crippen LogP contribution in [-0.4, -0.2) is 59.8 Å². The number of piperidine rings is 1. The van der Waals surface area contributed by atoms with Crippen LogP contribution in [0.5, 0.6) is 0 Å². The molecule has 0 aromatic heterocycles. The highest BCUT2D eigenvalue weighted by Gasteiger charge is 2.36. The zero-order valence-corrected chi connectivity index (χ0v) is 16.1. The molecule has 2 aliphatic heterocycles. The Morgan fingerprint density at radius 1 is 1.24 bits per heavy atom. The van der Waals surface area contributed by atoms with Crippen LogP contribution < -0.4 is 0 Å². The third-order valence-corrected chi connectivity index (χ3v) is 6.61.